The quantitative estimate of drug-likeness (QED) is 0.764. The summed E-state index contributed by atoms with van der Waals surface area (Å²) < 4.78 is 5.30. The summed E-state index contributed by atoms with van der Waals surface area (Å²) in [5, 5.41) is 9.49. The second kappa shape index (κ2) is 4.52. The summed E-state index contributed by atoms with van der Waals surface area (Å²) in [7, 11) is 0. The number of hydrogen-bond donors (Lipinski definition) is 1. The Morgan fingerprint density at radius 3 is 2.27 bits per heavy atom. The molecule has 0 atom stereocenters. The molecule has 0 aromatic rings. The van der Waals surface area contributed by atoms with Crippen LogP contribution in [-0.4, -0.2) is 24.3 Å². The van der Waals surface area contributed by atoms with E-state index in [1.807, 2.05) is 0 Å². The lowest BCUT2D eigenvalue weighted by Gasteiger charge is -2.41. The molecule has 1 saturated carbocycles. The van der Waals surface area contributed by atoms with Crippen LogP contribution >= 0.6 is 0 Å². The van der Waals surface area contributed by atoms with Gasteiger partial charge in [-0.3, -0.25) is 4.79 Å². The number of rotatable bonds is 2. The maximum absolute atomic E-state index is 11.5. The summed E-state index contributed by atoms with van der Waals surface area (Å²) in [6.07, 6.45) is 7.34. The average molecular weight is 212 g/mol. The second-order valence-electron chi connectivity index (χ2n) is 4.91. The molecule has 0 aromatic carbocycles. The second-order valence-corrected chi connectivity index (χ2v) is 4.91. The zero-order valence-corrected chi connectivity index (χ0v) is 9.21. The Morgan fingerprint density at radius 1 is 1.13 bits per heavy atom. The van der Waals surface area contributed by atoms with Gasteiger partial charge in [-0.25, -0.2) is 0 Å². The van der Waals surface area contributed by atoms with Crippen molar-refractivity contribution in [2.75, 3.05) is 13.2 Å². The third kappa shape index (κ3) is 2.03. The van der Waals surface area contributed by atoms with Crippen LogP contribution in [0.3, 0.4) is 0 Å². The zero-order chi connectivity index (χ0) is 10.7. The number of aliphatic carboxylic acids is 1. The van der Waals surface area contributed by atoms with Gasteiger partial charge >= 0.3 is 5.97 Å². The van der Waals surface area contributed by atoms with Crippen LogP contribution < -0.4 is 0 Å². The lowest BCUT2D eigenvalue weighted by Crippen LogP contribution is -2.44. The minimum atomic E-state index is -0.585. The van der Waals surface area contributed by atoms with Gasteiger partial charge < -0.3 is 9.84 Å². The molecule has 0 spiro atoms. The molecule has 0 unspecified atom stereocenters. The van der Waals surface area contributed by atoms with Gasteiger partial charge in [0.2, 0.25) is 0 Å². The van der Waals surface area contributed by atoms with Crippen LogP contribution in [0, 0.1) is 11.3 Å². The first-order chi connectivity index (χ1) is 7.26. The largest absolute Gasteiger partial charge is 0.481 e. The van der Waals surface area contributed by atoms with Crippen LogP contribution in [-0.2, 0) is 9.53 Å². The van der Waals surface area contributed by atoms with Crippen LogP contribution in [0.5, 0.6) is 0 Å². The van der Waals surface area contributed by atoms with Crippen molar-refractivity contribution in [2.45, 2.75) is 44.9 Å². The molecule has 0 amide bonds. The monoisotopic (exact) mass is 212 g/mol. The molecular formula is C12H20O3. The highest BCUT2D eigenvalue weighted by Gasteiger charge is 2.46. The van der Waals surface area contributed by atoms with Crippen molar-refractivity contribution >= 4 is 5.97 Å². The predicted molar refractivity (Wildman–Crippen MR) is 56.7 cm³/mol. The fourth-order valence-corrected chi connectivity index (χ4v) is 3.19. The molecule has 0 bridgehead atoms. The van der Waals surface area contributed by atoms with Crippen molar-refractivity contribution in [3.05, 3.63) is 0 Å². The van der Waals surface area contributed by atoms with E-state index < -0.39 is 11.4 Å². The van der Waals surface area contributed by atoms with Crippen molar-refractivity contribution in [3.63, 3.8) is 0 Å². The van der Waals surface area contributed by atoms with Gasteiger partial charge in [0, 0.05) is 13.2 Å². The molecule has 1 aliphatic heterocycles. The van der Waals surface area contributed by atoms with E-state index in [-0.39, 0.29) is 0 Å². The van der Waals surface area contributed by atoms with E-state index in [9.17, 15) is 9.90 Å². The summed E-state index contributed by atoms with van der Waals surface area (Å²) >= 11 is 0. The zero-order valence-electron chi connectivity index (χ0n) is 9.21. The maximum Gasteiger partial charge on any atom is 0.310 e. The number of carboxylic acids is 1. The summed E-state index contributed by atoms with van der Waals surface area (Å²) in [6, 6.07) is 0. The van der Waals surface area contributed by atoms with Crippen LogP contribution in [0.15, 0.2) is 0 Å². The van der Waals surface area contributed by atoms with E-state index in [2.05, 4.69) is 0 Å². The first-order valence-electron chi connectivity index (χ1n) is 6.07. The van der Waals surface area contributed by atoms with Gasteiger partial charge in [-0.2, -0.15) is 0 Å². The highest BCUT2D eigenvalue weighted by molar-refractivity contribution is 5.75. The molecule has 2 fully saturated rings. The van der Waals surface area contributed by atoms with Gasteiger partial charge in [0.25, 0.3) is 0 Å². The van der Waals surface area contributed by atoms with Crippen LogP contribution in [0.4, 0.5) is 0 Å². The molecule has 15 heavy (non-hydrogen) atoms. The van der Waals surface area contributed by atoms with Gasteiger partial charge in [0.15, 0.2) is 0 Å². The molecule has 1 heterocycles. The fraction of sp³-hybridized carbons (Fsp3) is 0.917. The Labute approximate surface area is 90.8 Å². The summed E-state index contributed by atoms with van der Waals surface area (Å²) in [4.78, 5) is 11.5. The topological polar surface area (TPSA) is 46.5 Å². The third-order valence-electron chi connectivity index (χ3n) is 4.20. The average Bonchev–Trinajstić information content (AvgIpc) is 2.31. The maximum atomic E-state index is 11.5. The Morgan fingerprint density at radius 2 is 1.73 bits per heavy atom. The van der Waals surface area contributed by atoms with E-state index in [1.54, 1.807) is 0 Å². The first-order valence-corrected chi connectivity index (χ1v) is 6.07. The first kappa shape index (κ1) is 10.9. The van der Waals surface area contributed by atoms with Crippen LogP contribution in [0.25, 0.3) is 0 Å². The lowest BCUT2D eigenvalue weighted by atomic mass is 9.64. The molecule has 2 aliphatic rings. The highest BCUT2D eigenvalue weighted by Crippen LogP contribution is 2.45. The van der Waals surface area contributed by atoms with E-state index in [0.717, 1.165) is 12.8 Å². The minimum Gasteiger partial charge on any atom is -0.481 e. The SMILES string of the molecule is O=C(O)C1(C2CCCCC2)CCOCC1. The molecule has 0 aromatic heterocycles. The molecule has 1 saturated heterocycles. The summed E-state index contributed by atoms with van der Waals surface area (Å²) in [5.41, 5.74) is -0.460. The van der Waals surface area contributed by atoms with Crippen molar-refractivity contribution in [3.8, 4) is 0 Å². The highest BCUT2D eigenvalue weighted by atomic mass is 16.5. The van der Waals surface area contributed by atoms with Gasteiger partial charge in [-0.05, 0) is 31.6 Å². The molecule has 0 radical (unpaired) electrons. The predicted octanol–water partition coefficient (Wildman–Crippen LogP) is 2.45. The third-order valence-corrected chi connectivity index (χ3v) is 4.20. The Bertz CT molecular complexity index is 225. The number of ether oxygens (including phenoxy) is 1. The van der Waals surface area contributed by atoms with Crippen LogP contribution in [0.1, 0.15) is 44.9 Å². The lowest BCUT2D eigenvalue weighted by molar-refractivity contribution is -0.161. The standard InChI is InChI=1S/C12H20O3/c13-11(14)12(6-8-15-9-7-12)10-4-2-1-3-5-10/h10H,1-9H2,(H,13,14). The van der Waals surface area contributed by atoms with Gasteiger partial charge in [-0.15, -0.1) is 0 Å². The molecule has 3 nitrogen and oxygen atoms in total. The molecular weight excluding hydrogens is 192 g/mol. The van der Waals surface area contributed by atoms with Gasteiger partial charge in [-0.1, -0.05) is 19.3 Å². The Hall–Kier alpha value is -0.570. The normalized spacial score (nSPS) is 27.5. The van der Waals surface area contributed by atoms with E-state index in [1.165, 1.54) is 19.3 Å². The van der Waals surface area contributed by atoms with Crippen LogP contribution in [0.2, 0.25) is 0 Å². The molecule has 86 valence electrons. The Kier molecular flexibility index (Phi) is 3.29. The van der Waals surface area contributed by atoms with Crippen molar-refractivity contribution < 1.29 is 14.6 Å². The van der Waals surface area contributed by atoms with Crippen molar-refractivity contribution in [1.29, 1.82) is 0 Å². The van der Waals surface area contributed by atoms with Gasteiger partial charge in [0.1, 0.15) is 0 Å². The number of carboxylic acid groups (broad SMARTS) is 1. The Balaban J connectivity index is 2.12. The molecule has 2 rings (SSSR count). The van der Waals surface area contributed by atoms with Crippen molar-refractivity contribution in [1.82, 2.24) is 0 Å². The van der Waals surface area contributed by atoms with E-state index in [4.69, 9.17) is 4.74 Å². The molecule has 1 N–H and O–H groups in total. The molecule has 1 aliphatic carbocycles. The number of hydrogen-bond acceptors (Lipinski definition) is 2. The molecule has 3 heteroatoms. The van der Waals surface area contributed by atoms with Gasteiger partial charge in [0.05, 0.1) is 5.41 Å². The number of carbonyl (C=O) groups is 1. The fourth-order valence-electron chi connectivity index (χ4n) is 3.19. The minimum absolute atomic E-state index is 0.396. The van der Waals surface area contributed by atoms with E-state index >= 15 is 0 Å². The van der Waals surface area contributed by atoms with E-state index in [0.29, 0.717) is 32.0 Å². The smallest absolute Gasteiger partial charge is 0.310 e. The summed E-state index contributed by atoms with van der Waals surface area (Å²) in [5.74, 6) is -0.189. The van der Waals surface area contributed by atoms with Crippen molar-refractivity contribution in [2.24, 2.45) is 11.3 Å². The summed E-state index contributed by atoms with van der Waals surface area (Å²) in [6.45, 7) is 1.26.